The van der Waals surface area contributed by atoms with Crippen LogP contribution in [-0.2, 0) is 16.0 Å². The topological polar surface area (TPSA) is 78.5 Å². The van der Waals surface area contributed by atoms with Crippen molar-refractivity contribution >= 4 is 23.3 Å². The number of hydrogen-bond donors (Lipinski definition) is 2. The minimum Gasteiger partial charge on any atom is -0.362 e. The first-order valence-corrected chi connectivity index (χ1v) is 9.12. The van der Waals surface area contributed by atoms with Gasteiger partial charge in [-0.2, -0.15) is 0 Å². The van der Waals surface area contributed by atoms with E-state index in [1.807, 2.05) is 29.2 Å². The molecule has 0 saturated carbocycles. The minimum absolute atomic E-state index is 0.0283. The molecule has 0 spiro atoms. The number of nitrogens with one attached hydrogen (secondary N) is 2. The molecule has 6 nitrogen and oxygen atoms in total. The third kappa shape index (κ3) is 5.17. The fourth-order valence-electron chi connectivity index (χ4n) is 3.19. The van der Waals surface area contributed by atoms with Crippen molar-refractivity contribution in [2.24, 2.45) is 0 Å². The molecular formula is C21H23N3O3. The highest BCUT2D eigenvalue weighted by atomic mass is 16.2. The van der Waals surface area contributed by atoms with Gasteiger partial charge >= 0.3 is 0 Å². The smallest absolute Gasteiger partial charge is 0.257 e. The van der Waals surface area contributed by atoms with E-state index in [1.165, 1.54) is 5.56 Å². The molecule has 27 heavy (non-hydrogen) atoms. The second-order valence-electron chi connectivity index (χ2n) is 6.54. The van der Waals surface area contributed by atoms with Gasteiger partial charge in [-0.3, -0.25) is 25.2 Å². The number of benzene rings is 2. The first-order valence-electron chi connectivity index (χ1n) is 9.12. The summed E-state index contributed by atoms with van der Waals surface area (Å²) < 4.78 is 0. The van der Waals surface area contributed by atoms with Crippen molar-refractivity contribution in [1.82, 2.24) is 10.9 Å². The van der Waals surface area contributed by atoms with Crippen molar-refractivity contribution < 1.29 is 14.4 Å². The molecule has 0 atom stereocenters. The Morgan fingerprint density at radius 1 is 0.852 bits per heavy atom. The Hall–Kier alpha value is -3.15. The molecule has 3 rings (SSSR count). The fraction of sp³-hybridized carbons (Fsp3) is 0.286. The molecule has 0 radical (unpaired) electrons. The second kappa shape index (κ2) is 8.98. The van der Waals surface area contributed by atoms with Crippen LogP contribution in [0.3, 0.4) is 0 Å². The SMILES string of the molecule is O=C(CCC(=O)c1ccccc1)NNC(=O)CN1CCCc2ccccc21. The third-order valence-electron chi connectivity index (χ3n) is 4.56. The number of para-hydroxylation sites is 1. The van der Waals surface area contributed by atoms with E-state index >= 15 is 0 Å². The van der Waals surface area contributed by atoms with E-state index in [2.05, 4.69) is 16.9 Å². The normalized spacial score (nSPS) is 12.8. The minimum atomic E-state index is -0.383. The van der Waals surface area contributed by atoms with Crippen LogP contribution >= 0.6 is 0 Å². The molecular weight excluding hydrogens is 342 g/mol. The van der Waals surface area contributed by atoms with Gasteiger partial charge in [-0.15, -0.1) is 0 Å². The summed E-state index contributed by atoms with van der Waals surface area (Å²) >= 11 is 0. The molecule has 0 aromatic heterocycles. The van der Waals surface area contributed by atoms with E-state index in [4.69, 9.17) is 0 Å². The number of ketones is 1. The van der Waals surface area contributed by atoms with Gasteiger partial charge in [-0.1, -0.05) is 48.5 Å². The highest BCUT2D eigenvalue weighted by Gasteiger charge is 2.18. The standard InChI is InChI=1S/C21H23N3O3/c25-19(17-8-2-1-3-9-17)12-13-20(26)22-23-21(27)15-24-14-6-10-16-7-4-5-11-18(16)24/h1-5,7-9,11H,6,10,12-15H2,(H,22,26)(H,23,27). The molecule has 1 heterocycles. The summed E-state index contributed by atoms with van der Waals surface area (Å²) in [5.74, 6) is -0.761. The molecule has 2 aromatic carbocycles. The summed E-state index contributed by atoms with van der Waals surface area (Å²) in [7, 11) is 0. The number of aryl methyl sites for hydroxylation is 1. The molecule has 0 bridgehead atoms. The number of amides is 2. The van der Waals surface area contributed by atoms with E-state index in [0.29, 0.717) is 5.56 Å². The Bertz CT molecular complexity index is 820. The third-order valence-corrected chi connectivity index (χ3v) is 4.56. The number of anilines is 1. The summed E-state index contributed by atoms with van der Waals surface area (Å²) in [5, 5.41) is 0. The molecule has 0 unspecified atom stereocenters. The predicted molar refractivity (Wildman–Crippen MR) is 103 cm³/mol. The number of hydrazine groups is 1. The van der Waals surface area contributed by atoms with Crippen LogP contribution in [0.2, 0.25) is 0 Å². The Balaban J connectivity index is 1.42. The zero-order valence-corrected chi connectivity index (χ0v) is 15.1. The van der Waals surface area contributed by atoms with Gasteiger partial charge in [0, 0.05) is 30.6 Å². The largest absolute Gasteiger partial charge is 0.362 e. The fourth-order valence-corrected chi connectivity index (χ4v) is 3.19. The molecule has 0 saturated heterocycles. The van der Waals surface area contributed by atoms with E-state index < -0.39 is 0 Å². The van der Waals surface area contributed by atoms with Crippen LogP contribution in [0.4, 0.5) is 5.69 Å². The Morgan fingerprint density at radius 3 is 2.37 bits per heavy atom. The lowest BCUT2D eigenvalue weighted by Gasteiger charge is -2.30. The van der Waals surface area contributed by atoms with E-state index in [-0.39, 0.29) is 37.0 Å². The van der Waals surface area contributed by atoms with Crippen LogP contribution < -0.4 is 15.8 Å². The van der Waals surface area contributed by atoms with Gasteiger partial charge < -0.3 is 4.90 Å². The molecule has 1 aliphatic heterocycles. The molecule has 140 valence electrons. The number of carbonyl (C=O) groups is 3. The Labute approximate surface area is 158 Å². The van der Waals surface area contributed by atoms with E-state index in [9.17, 15) is 14.4 Å². The van der Waals surface area contributed by atoms with Gasteiger partial charge in [-0.05, 0) is 24.5 Å². The van der Waals surface area contributed by atoms with Crippen LogP contribution in [0.15, 0.2) is 54.6 Å². The van der Waals surface area contributed by atoms with Crippen LogP contribution in [0, 0.1) is 0 Å². The Kier molecular flexibility index (Phi) is 6.20. The summed E-state index contributed by atoms with van der Waals surface area (Å²) in [6.45, 7) is 0.990. The number of rotatable bonds is 6. The molecule has 0 fully saturated rings. The van der Waals surface area contributed by atoms with Crippen molar-refractivity contribution in [2.75, 3.05) is 18.0 Å². The maximum absolute atomic E-state index is 12.2. The average molecular weight is 365 g/mol. The number of nitrogens with zero attached hydrogens (tertiary/aromatic N) is 1. The van der Waals surface area contributed by atoms with Crippen molar-refractivity contribution in [3.63, 3.8) is 0 Å². The van der Waals surface area contributed by atoms with Gasteiger partial charge in [0.1, 0.15) is 0 Å². The lowest BCUT2D eigenvalue weighted by atomic mass is 10.0. The van der Waals surface area contributed by atoms with Gasteiger partial charge in [0.2, 0.25) is 5.91 Å². The Morgan fingerprint density at radius 2 is 1.56 bits per heavy atom. The summed E-state index contributed by atoms with van der Waals surface area (Å²) in [5.41, 5.74) is 7.70. The highest BCUT2D eigenvalue weighted by molar-refractivity contribution is 5.98. The first kappa shape index (κ1) is 18.6. The van der Waals surface area contributed by atoms with Crippen molar-refractivity contribution in [1.29, 1.82) is 0 Å². The highest BCUT2D eigenvalue weighted by Crippen LogP contribution is 2.26. The van der Waals surface area contributed by atoms with Crippen molar-refractivity contribution in [3.05, 3.63) is 65.7 Å². The maximum Gasteiger partial charge on any atom is 0.257 e. The summed E-state index contributed by atoms with van der Waals surface area (Å²) in [6, 6.07) is 16.9. The van der Waals surface area contributed by atoms with Gasteiger partial charge in [-0.25, -0.2) is 0 Å². The lowest BCUT2D eigenvalue weighted by Crippen LogP contribution is -2.47. The van der Waals surface area contributed by atoms with Crippen LogP contribution in [-0.4, -0.2) is 30.7 Å². The van der Waals surface area contributed by atoms with Crippen LogP contribution in [0.1, 0.15) is 35.2 Å². The number of fused-ring (bicyclic) bond motifs is 1. The van der Waals surface area contributed by atoms with Crippen LogP contribution in [0.25, 0.3) is 0 Å². The zero-order valence-electron chi connectivity index (χ0n) is 15.1. The molecule has 2 N–H and O–H groups in total. The number of carbonyl (C=O) groups excluding carboxylic acids is 3. The number of hydrogen-bond acceptors (Lipinski definition) is 4. The summed E-state index contributed by atoms with van der Waals surface area (Å²) in [4.78, 5) is 38.0. The molecule has 2 aromatic rings. The maximum atomic E-state index is 12.2. The van der Waals surface area contributed by atoms with Gasteiger partial charge in [0.05, 0.1) is 6.54 Å². The second-order valence-corrected chi connectivity index (χ2v) is 6.54. The quantitative estimate of drug-likeness (QED) is 0.608. The monoisotopic (exact) mass is 365 g/mol. The molecule has 2 amide bonds. The summed E-state index contributed by atoms with van der Waals surface area (Å²) in [6.07, 6.45) is 2.14. The molecule has 0 aliphatic carbocycles. The molecule has 1 aliphatic rings. The van der Waals surface area contributed by atoms with Gasteiger partial charge in [0.25, 0.3) is 5.91 Å². The van der Waals surface area contributed by atoms with E-state index in [1.54, 1.807) is 24.3 Å². The predicted octanol–water partition coefficient (Wildman–Crippen LogP) is 2.25. The molecule has 6 heteroatoms. The first-order chi connectivity index (χ1) is 13.1. The van der Waals surface area contributed by atoms with Crippen LogP contribution in [0.5, 0.6) is 0 Å². The average Bonchev–Trinajstić information content (AvgIpc) is 2.71. The van der Waals surface area contributed by atoms with Crippen molar-refractivity contribution in [2.45, 2.75) is 25.7 Å². The van der Waals surface area contributed by atoms with Crippen molar-refractivity contribution in [3.8, 4) is 0 Å². The van der Waals surface area contributed by atoms with Gasteiger partial charge in [0.15, 0.2) is 5.78 Å². The number of Topliss-reactive ketones (excluding diaryl/α,β-unsaturated/α-hetero) is 1. The van der Waals surface area contributed by atoms with E-state index in [0.717, 1.165) is 25.1 Å². The lowest BCUT2D eigenvalue weighted by molar-refractivity contribution is -0.128. The zero-order chi connectivity index (χ0) is 19.1.